The third-order valence-corrected chi connectivity index (χ3v) is 6.75. The Kier molecular flexibility index (Phi) is 6.30. The van der Waals surface area contributed by atoms with E-state index in [-0.39, 0.29) is 0 Å². The third kappa shape index (κ3) is 4.82. The van der Waals surface area contributed by atoms with Crippen LogP contribution in [0.15, 0.2) is 0 Å². The minimum Gasteiger partial charge on any atom is -0.368 e. The first-order valence-corrected chi connectivity index (χ1v) is 11.4. The quantitative estimate of drug-likeness (QED) is 0.782. The highest BCUT2D eigenvalue weighted by Crippen LogP contribution is 2.33. The molecule has 1 aromatic rings. The lowest BCUT2D eigenvalue weighted by atomic mass is 9.89. The average molecular weight is 373 g/mol. The standard InChI is InChI=1S/C21H36N6/c22-19-24-20(23-16-10-4-1-5-11-16)26-21(25-19)27(17-12-6-2-7-13-17)18-14-8-3-9-15-18/h16-18H,1-15H2,(H3,22,23,24,25,26). The fourth-order valence-electron chi connectivity index (χ4n) is 5.33. The third-order valence-electron chi connectivity index (χ3n) is 6.75. The van der Waals surface area contributed by atoms with Gasteiger partial charge in [-0.2, -0.15) is 15.0 Å². The number of aromatic nitrogens is 3. The summed E-state index contributed by atoms with van der Waals surface area (Å²) in [6, 6.07) is 1.60. The van der Waals surface area contributed by atoms with E-state index in [0.717, 1.165) is 5.95 Å². The lowest BCUT2D eigenvalue weighted by Crippen LogP contribution is -2.46. The van der Waals surface area contributed by atoms with Crippen molar-refractivity contribution < 1.29 is 0 Å². The number of rotatable bonds is 5. The van der Waals surface area contributed by atoms with Crippen LogP contribution < -0.4 is 16.0 Å². The van der Waals surface area contributed by atoms with Gasteiger partial charge in [-0.25, -0.2) is 0 Å². The van der Waals surface area contributed by atoms with Gasteiger partial charge in [0.05, 0.1) is 0 Å². The Hall–Kier alpha value is -1.59. The molecule has 27 heavy (non-hydrogen) atoms. The topological polar surface area (TPSA) is 80.0 Å². The molecule has 6 heteroatoms. The molecular formula is C21H36N6. The average Bonchev–Trinajstić information content (AvgIpc) is 2.70. The van der Waals surface area contributed by atoms with E-state index < -0.39 is 0 Å². The van der Waals surface area contributed by atoms with E-state index in [9.17, 15) is 0 Å². The number of hydrogen-bond donors (Lipinski definition) is 2. The van der Waals surface area contributed by atoms with Crippen LogP contribution in [0, 0.1) is 0 Å². The Morgan fingerprint density at radius 3 is 1.74 bits per heavy atom. The van der Waals surface area contributed by atoms with Gasteiger partial charge in [-0.3, -0.25) is 0 Å². The zero-order chi connectivity index (χ0) is 18.5. The van der Waals surface area contributed by atoms with Gasteiger partial charge >= 0.3 is 0 Å². The summed E-state index contributed by atoms with van der Waals surface area (Å²) in [5, 5.41) is 3.55. The zero-order valence-corrected chi connectivity index (χ0v) is 16.7. The van der Waals surface area contributed by atoms with Crippen molar-refractivity contribution in [3.05, 3.63) is 0 Å². The molecule has 4 rings (SSSR count). The molecule has 1 aromatic heterocycles. The lowest BCUT2D eigenvalue weighted by molar-refractivity contribution is 0.335. The minimum atomic E-state index is 0.356. The highest BCUT2D eigenvalue weighted by molar-refractivity contribution is 5.44. The Bertz CT molecular complexity index is 570. The molecule has 3 fully saturated rings. The summed E-state index contributed by atoms with van der Waals surface area (Å²) in [5.41, 5.74) is 6.13. The summed E-state index contributed by atoms with van der Waals surface area (Å²) < 4.78 is 0. The van der Waals surface area contributed by atoms with Gasteiger partial charge in [-0.05, 0) is 38.5 Å². The van der Waals surface area contributed by atoms with Crippen LogP contribution in [0.4, 0.5) is 17.8 Å². The molecule has 0 atom stereocenters. The second kappa shape index (κ2) is 9.07. The monoisotopic (exact) mass is 372 g/mol. The van der Waals surface area contributed by atoms with Crippen molar-refractivity contribution in [1.82, 2.24) is 15.0 Å². The van der Waals surface area contributed by atoms with E-state index in [1.807, 2.05) is 0 Å². The molecule has 3 N–H and O–H groups in total. The van der Waals surface area contributed by atoms with Crippen LogP contribution in [-0.4, -0.2) is 33.1 Å². The molecule has 0 amide bonds. The predicted octanol–water partition coefficient (Wildman–Crippen LogP) is 4.67. The fourth-order valence-corrected chi connectivity index (χ4v) is 5.33. The molecule has 0 aliphatic heterocycles. The largest absolute Gasteiger partial charge is 0.368 e. The summed E-state index contributed by atoms with van der Waals surface area (Å²) in [6.45, 7) is 0. The minimum absolute atomic E-state index is 0.356. The van der Waals surface area contributed by atoms with Crippen molar-refractivity contribution in [3.63, 3.8) is 0 Å². The molecule has 6 nitrogen and oxygen atoms in total. The summed E-state index contributed by atoms with van der Waals surface area (Å²) >= 11 is 0. The molecule has 0 radical (unpaired) electrons. The first kappa shape index (κ1) is 18.8. The molecule has 0 spiro atoms. The number of hydrogen-bond acceptors (Lipinski definition) is 6. The van der Waals surface area contributed by atoms with Crippen molar-refractivity contribution in [1.29, 1.82) is 0 Å². The van der Waals surface area contributed by atoms with Gasteiger partial charge < -0.3 is 16.0 Å². The molecule has 150 valence electrons. The maximum absolute atomic E-state index is 6.13. The second-order valence-corrected chi connectivity index (χ2v) is 8.79. The molecule has 0 aromatic carbocycles. The lowest BCUT2D eigenvalue weighted by Gasteiger charge is -2.41. The Morgan fingerprint density at radius 2 is 1.19 bits per heavy atom. The highest BCUT2D eigenvalue weighted by atomic mass is 15.3. The maximum atomic E-state index is 6.13. The van der Waals surface area contributed by atoms with Gasteiger partial charge in [-0.15, -0.1) is 0 Å². The molecule has 3 saturated carbocycles. The van der Waals surface area contributed by atoms with Crippen LogP contribution in [0.1, 0.15) is 96.3 Å². The van der Waals surface area contributed by atoms with Crippen molar-refractivity contribution in [3.8, 4) is 0 Å². The SMILES string of the molecule is Nc1nc(NC2CCCCC2)nc(N(C2CCCCC2)C2CCCCC2)n1. The fraction of sp³-hybridized carbons (Fsp3) is 0.857. The van der Waals surface area contributed by atoms with Gasteiger partial charge in [0.2, 0.25) is 17.8 Å². The summed E-state index contributed by atoms with van der Waals surface area (Å²) in [5.74, 6) is 1.86. The van der Waals surface area contributed by atoms with E-state index in [1.165, 1.54) is 96.3 Å². The van der Waals surface area contributed by atoms with Gasteiger partial charge in [0, 0.05) is 18.1 Å². The molecule has 0 bridgehead atoms. The highest BCUT2D eigenvalue weighted by Gasteiger charge is 2.31. The van der Waals surface area contributed by atoms with E-state index in [2.05, 4.69) is 20.2 Å². The van der Waals surface area contributed by atoms with Crippen molar-refractivity contribution in [2.75, 3.05) is 16.0 Å². The van der Waals surface area contributed by atoms with Gasteiger partial charge in [0.25, 0.3) is 0 Å². The van der Waals surface area contributed by atoms with E-state index >= 15 is 0 Å². The summed E-state index contributed by atoms with van der Waals surface area (Å²) in [7, 11) is 0. The van der Waals surface area contributed by atoms with E-state index in [0.29, 0.717) is 30.0 Å². The summed E-state index contributed by atoms with van der Waals surface area (Å²) in [6.07, 6.45) is 19.4. The number of nitrogens with two attached hydrogens (primary N) is 1. The van der Waals surface area contributed by atoms with Crippen molar-refractivity contribution >= 4 is 17.8 Å². The molecule has 0 unspecified atom stereocenters. The van der Waals surface area contributed by atoms with E-state index in [4.69, 9.17) is 10.7 Å². The Labute approximate surface area is 163 Å². The van der Waals surface area contributed by atoms with Gasteiger partial charge in [0.1, 0.15) is 0 Å². The van der Waals surface area contributed by atoms with Crippen molar-refractivity contribution in [2.45, 2.75) is 114 Å². The Balaban J connectivity index is 1.57. The van der Waals surface area contributed by atoms with Gasteiger partial charge in [-0.1, -0.05) is 57.8 Å². The summed E-state index contributed by atoms with van der Waals surface area (Å²) in [4.78, 5) is 16.5. The van der Waals surface area contributed by atoms with Crippen LogP contribution in [0.2, 0.25) is 0 Å². The number of nitrogens with zero attached hydrogens (tertiary/aromatic N) is 4. The predicted molar refractivity (Wildman–Crippen MR) is 111 cm³/mol. The molecular weight excluding hydrogens is 336 g/mol. The number of anilines is 3. The first-order chi connectivity index (χ1) is 13.3. The van der Waals surface area contributed by atoms with Crippen LogP contribution in [-0.2, 0) is 0 Å². The molecule has 3 aliphatic rings. The molecule has 0 saturated heterocycles. The Morgan fingerprint density at radius 1 is 0.667 bits per heavy atom. The van der Waals surface area contributed by atoms with Crippen LogP contribution in [0.3, 0.4) is 0 Å². The maximum Gasteiger partial charge on any atom is 0.232 e. The second-order valence-electron chi connectivity index (χ2n) is 8.79. The van der Waals surface area contributed by atoms with Crippen LogP contribution >= 0.6 is 0 Å². The van der Waals surface area contributed by atoms with Crippen molar-refractivity contribution in [2.24, 2.45) is 0 Å². The number of nitrogens with one attached hydrogen (secondary N) is 1. The first-order valence-electron chi connectivity index (χ1n) is 11.4. The molecule has 1 heterocycles. The molecule has 3 aliphatic carbocycles. The van der Waals surface area contributed by atoms with Gasteiger partial charge in [0.15, 0.2) is 0 Å². The van der Waals surface area contributed by atoms with E-state index in [1.54, 1.807) is 0 Å². The normalized spacial score (nSPS) is 23.3. The number of nitrogen functional groups attached to an aromatic ring is 1. The smallest absolute Gasteiger partial charge is 0.232 e. The zero-order valence-electron chi connectivity index (χ0n) is 16.7. The van der Waals surface area contributed by atoms with Crippen LogP contribution in [0.5, 0.6) is 0 Å². The van der Waals surface area contributed by atoms with Crippen LogP contribution in [0.25, 0.3) is 0 Å².